The summed E-state index contributed by atoms with van der Waals surface area (Å²) in [6.45, 7) is 2.56. The maximum atomic E-state index is 12.7. The number of ether oxygens (including phenoxy) is 4. The fourth-order valence-electron chi connectivity index (χ4n) is 4.08. The van der Waals surface area contributed by atoms with Gasteiger partial charge in [0.25, 0.3) is 0 Å². The molecule has 0 spiro atoms. The number of carbonyl (C=O) groups is 1. The largest absolute Gasteiger partial charge is 0.493 e. The van der Waals surface area contributed by atoms with E-state index in [9.17, 15) is 4.79 Å². The van der Waals surface area contributed by atoms with Gasteiger partial charge in [-0.3, -0.25) is 9.69 Å². The van der Waals surface area contributed by atoms with Gasteiger partial charge < -0.3 is 24.3 Å². The zero-order valence-corrected chi connectivity index (χ0v) is 17.5. The number of methoxy groups -OCH3 is 2. The number of amides is 1. The van der Waals surface area contributed by atoms with Crippen molar-refractivity contribution in [1.29, 1.82) is 0 Å². The summed E-state index contributed by atoms with van der Waals surface area (Å²) < 4.78 is 22.1. The summed E-state index contributed by atoms with van der Waals surface area (Å²) >= 11 is 0. The molecule has 1 fully saturated rings. The summed E-state index contributed by atoms with van der Waals surface area (Å²) in [4.78, 5) is 14.9. The van der Waals surface area contributed by atoms with E-state index in [2.05, 4.69) is 22.3 Å². The molecule has 1 atom stereocenters. The number of carbonyl (C=O) groups excluding carboxylic acids is 1. The van der Waals surface area contributed by atoms with Crippen molar-refractivity contribution in [2.24, 2.45) is 0 Å². The van der Waals surface area contributed by atoms with Gasteiger partial charge in [0.05, 0.1) is 34.0 Å². The Hall–Kier alpha value is -2.93. The molecule has 0 radical (unpaired) electrons. The molecule has 7 heteroatoms. The molecule has 2 heterocycles. The summed E-state index contributed by atoms with van der Waals surface area (Å²) in [5.74, 6) is 2.76. The maximum absolute atomic E-state index is 12.7. The fourth-order valence-corrected chi connectivity index (χ4v) is 4.08. The lowest BCUT2D eigenvalue weighted by atomic mass is 10.0. The van der Waals surface area contributed by atoms with E-state index in [0.717, 1.165) is 42.9 Å². The number of rotatable bonds is 6. The average Bonchev–Trinajstić information content (AvgIpc) is 3.08. The molecule has 1 N–H and O–H groups in total. The standard InChI is InChI=1S/C23H28N2O5/c1-27-19-9-7-17(14-21(19)28-2)24-23(26)15-25-10-3-5-18(25)16-6-8-20-22(13-16)30-12-4-11-29-20/h6-9,13-14,18H,3-5,10-12,15H2,1-2H3,(H,24,26)/t18-/m0/s1. The number of fused-ring (bicyclic) bond motifs is 1. The fraction of sp³-hybridized carbons (Fsp3) is 0.435. The van der Waals surface area contributed by atoms with Crippen molar-refractivity contribution in [1.82, 2.24) is 4.90 Å². The molecular formula is C23H28N2O5. The van der Waals surface area contributed by atoms with Crippen LogP contribution in [-0.4, -0.2) is 51.3 Å². The minimum atomic E-state index is -0.0523. The Kier molecular flexibility index (Phi) is 6.28. The van der Waals surface area contributed by atoms with Gasteiger partial charge in [-0.15, -0.1) is 0 Å². The van der Waals surface area contributed by atoms with Crippen LogP contribution >= 0.6 is 0 Å². The lowest BCUT2D eigenvalue weighted by molar-refractivity contribution is -0.117. The first-order valence-corrected chi connectivity index (χ1v) is 10.3. The molecule has 0 bridgehead atoms. The molecule has 30 heavy (non-hydrogen) atoms. The molecular weight excluding hydrogens is 384 g/mol. The first kappa shape index (κ1) is 20.3. The van der Waals surface area contributed by atoms with E-state index in [1.54, 1.807) is 26.4 Å². The van der Waals surface area contributed by atoms with Crippen molar-refractivity contribution in [3.8, 4) is 23.0 Å². The predicted molar refractivity (Wildman–Crippen MR) is 114 cm³/mol. The molecule has 4 rings (SSSR count). The SMILES string of the molecule is COc1ccc(NC(=O)CN2CCC[C@H]2c2ccc3c(c2)OCCCO3)cc1OC. The van der Waals surface area contributed by atoms with Crippen LogP contribution in [0.2, 0.25) is 0 Å². The topological polar surface area (TPSA) is 69.3 Å². The van der Waals surface area contributed by atoms with Crippen molar-refractivity contribution < 1.29 is 23.7 Å². The normalized spacial score (nSPS) is 18.5. The molecule has 2 aliphatic heterocycles. The van der Waals surface area contributed by atoms with Crippen LogP contribution in [0.4, 0.5) is 5.69 Å². The van der Waals surface area contributed by atoms with Gasteiger partial charge in [-0.1, -0.05) is 6.07 Å². The Balaban J connectivity index is 1.43. The van der Waals surface area contributed by atoms with Gasteiger partial charge in [0, 0.05) is 24.2 Å². The Bertz CT molecular complexity index is 901. The Morgan fingerprint density at radius 2 is 1.83 bits per heavy atom. The number of nitrogens with zero attached hydrogens (tertiary/aromatic N) is 1. The van der Waals surface area contributed by atoms with E-state index in [1.807, 2.05) is 12.1 Å². The zero-order chi connectivity index (χ0) is 20.9. The highest BCUT2D eigenvalue weighted by molar-refractivity contribution is 5.92. The van der Waals surface area contributed by atoms with Crippen molar-refractivity contribution in [3.05, 3.63) is 42.0 Å². The summed E-state index contributed by atoms with van der Waals surface area (Å²) in [7, 11) is 3.16. The molecule has 0 saturated carbocycles. The molecule has 2 aromatic rings. The molecule has 2 aromatic carbocycles. The van der Waals surface area contributed by atoms with Crippen LogP contribution in [0.15, 0.2) is 36.4 Å². The van der Waals surface area contributed by atoms with Crippen LogP contribution < -0.4 is 24.3 Å². The average molecular weight is 412 g/mol. The molecule has 0 unspecified atom stereocenters. The van der Waals surface area contributed by atoms with Gasteiger partial charge in [-0.05, 0) is 49.2 Å². The Labute approximate surface area is 176 Å². The van der Waals surface area contributed by atoms with Gasteiger partial charge >= 0.3 is 0 Å². The van der Waals surface area contributed by atoms with Crippen molar-refractivity contribution >= 4 is 11.6 Å². The summed E-state index contributed by atoms with van der Waals surface area (Å²) in [6.07, 6.45) is 2.96. The number of benzene rings is 2. The summed E-state index contributed by atoms with van der Waals surface area (Å²) in [6, 6.07) is 11.7. The Morgan fingerprint density at radius 1 is 1.03 bits per heavy atom. The van der Waals surface area contributed by atoms with Crippen molar-refractivity contribution in [3.63, 3.8) is 0 Å². The van der Waals surface area contributed by atoms with Crippen molar-refractivity contribution in [2.75, 3.05) is 45.8 Å². The number of anilines is 1. The van der Waals surface area contributed by atoms with E-state index in [-0.39, 0.29) is 11.9 Å². The number of hydrogen-bond donors (Lipinski definition) is 1. The second-order valence-electron chi connectivity index (χ2n) is 7.50. The monoisotopic (exact) mass is 412 g/mol. The van der Waals surface area contributed by atoms with Crippen LogP contribution in [0.25, 0.3) is 0 Å². The predicted octanol–water partition coefficient (Wildman–Crippen LogP) is 3.64. The third kappa shape index (κ3) is 4.46. The molecule has 2 aliphatic rings. The highest BCUT2D eigenvalue weighted by Crippen LogP contribution is 2.38. The molecule has 0 aromatic heterocycles. The third-order valence-electron chi connectivity index (χ3n) is 5.53. The molecule has 1 saturated heterocycles. The van der Waals surface area contributed by atoms with Crippen LogP contribution in [0.1, 0.15) is 30.9 Å². The quantitative estimate of drug-likeness (QED) is 0.781. The summed E-state index contributed by atoms with van der Waals surface area (Å²) in [5, 5.41) is 2.96. The maximum Gasteiger partial charge on any atom is 0.238 e. The van der Waals surface area contributed by atoms with Gasteiger partial charge in [0.2, 0.25) is 5.91 Å². The van der Waals surface area contributed by atoms with E-state index in [0.29, 0.717) is 36.9 Å². The van der Waals surface area contributed by atoms with Gasteiger partial charge in [-0.2, -0.15) is 0 Å². The highest BCUT2D eigenvalue weighted by atomic mass is 16.5. The summed E-state index contributed by atoms with van der Waals surface area (Å²) in [5.41, 5.74) is 1.85. The third-order valence-corrected chi connectivity index (χ3v) is 5.53. The Morgan fingerprint density at radius 3 is 2.63 bits per heavy atom. The van der Waals surface area contributed by atoms with E-state index >= 15 is 0 Å². The number of likely N-dealkylation sites (tertiary alicyclic amines) is 1. The van der Waals surface area contributed by atoms with Crippen LogP contribution in [0.5, 0.6) is 23.0 Å². The first-order chi connectivity index (χ1) is 14.7. The van der Waals surface area contributed by atoms with E-state index in [4.69, 9.17) is 18.9 Å². The lowest BCUT2D eigenvalue weighted by Crippen LogP contribution is -2.33. The number of nitrogens with one attached hydrogen (secondary N) is 1. The van der Waals surface area contributed by atoms with Gasteiger partial charge in [0.1, 0.15) is 0 Å². The van der Waals surface area contributed by atoms with Crippen molar-refractivity contribution in [2.45, 2.75) is 25.3 Å². The highest BCUT2D eigenvalue weighted by Gasteiger charge is 2.28. The van der Waals surface area contributed by atoms with Crippen LogP contribution in [0.3, 0.4) is 0 Å². The molecule has 1 amide bonds. The zero-order valence-electron chi connectivity index (χ0n) is 17.5. The van der Waals surface area contributed by atoms with Crippen LogP contribution in [0, 0.1) is 0 Å². The van der Waals surface area contributed by atoms with Gasteiger partial charge in [-0.25, -0.2) is 0 Å². The molecule has 0 aliphatic carbocycles. The second-order valence-corrected chi connectivity index (χ2v) is 7.50. The minimum absolute atomic E-state index is 0.0523. The minimum Gasteiger partial charge on any atom is -0.493 e. The van der Waals surface area contributed by atoms with Crippen LogP contribution in [-0.2, 0) is 4.79 Å². The molecule has 160 valence electrons. The first-order valence-electron chi connectivity index (χ1n) is 10.3. The smallest absolute Gasteiger partial charge is 0.238 e. The van der Waals surface area contributed by atoms with E-state index in [1.165, 1.54) is 0 Å². The lowest BCUT2D eigenvalue weighted by Gasteiger charge is -2.25. The molecule has 7 nitrogen and oxygen atoms in total. The second kappa shape index (κ2) is 9.26. The number of hydrogen-bond acceptors (Lipinski definition) is 6. The van der Waals surface area contributed by atoms with E-state index < -0.39 is 0 Å². The van der Waals surface area contributed by atoms with Gasteiger partial charge in [0.15, 0.2) is 23.0 Å².